The number of benzene rings is 3. The van der Waals surface area contributed by atoms with Crippen molar-refractivity contribution in [1.29, 1.82) is 0 Å². The van der Waals surface area contributed by atoms with Crippen molar-refractivity contribution in [2.24, 2.45) is 5.10 Å². The Morgan fingerprint density at radius 1 is 0.917 bits per heavy atom. The minimum atomic E-state index is -0.907. The Bertz CT molecular complexity index is 1270. The van der Waals surface area contributed by atoms with Crippen LogP contribution in [0.15, 0.2) is 71.8 Å². The fourth-order valence-corrected chi connectivity index (χ4v) is 3.29. The third-order valence-corrected chi connectivity index (χ3v) is 5.08. The van der Waals surface area contributed by atoms with E-state index in [1.807, 2.05) is 44.2 Å². The first-order valence-corrected chi connectivity index (χ1v) is 11.3. The SMILES string of the molecule is CCc1ccccc1NC(=O)COc1ccc(/C=N\NC(=O)C(=O)Nc2cccc(C)c2)cc1OC. The second kappa shape index (κ2) is 12.7. The van der Waals surface area contributed by atoms with E-state index < -0.39 is 11.8 Å². The zero-order chi connectivity index (χ0) is 25.9. The molecule has 0 saturated heterocycles. The van der Waals surface area contributed by atoms with Crippen LogP contribution in [0.3, 0.4) is 0 Å². The Morgan fingerprint density at radius 2 is 1.72 bits per heavy atom. The number of hydrogen-bond acceptors (Lipinski definition) is 6. The molecule has 0 radical (unpaired) electrons. The van der Waals surface area contributed by atoms with E-state index in [1.165, 1.54) is 13.3 Å². The molecule has 0 atom stereocenters. The molecule has 0 aliphatic heterocycles. The number of para-hydroxylation sites is 1. The first kappa shape index (κ1) is 26.0. The van der Waals surface area contributed by atoms with Crippen LogP contribution in [0.5, 0.6) is 11.5 Å². The molecule has 3 aromatic rings. The predicted octanol–water partition coefficient (Wildman–Crippen LogP) is 3.67. The number of hydrazone groups is 1. The fourth-order valence-electron chi connectivity index (χ4n) is 3.29. The van der Waals surface area contributed by atoms with Gasteiger partial charge in [-0.25, -0.2) is 5.43 Å². The summed E-state index contributed by atoms with van der Waals surface area (Å²) < 4.78 is 11.0. The molecule has 3 N–H and O–H groups in total. The van der Waals surface area contributed by atoms with Crippen LogP contribution in [-0.4, -0.2) is 37.7 Å². The number of anilines is 2. The molecule has 3 rings (SSSR count). The molecule has 0 heterocycles. The van der Waals surface area contributed by atoms with Gasteiger partial charge in [0.15, 0.2) is 18.1 Å². The van der Waals surface area contributed by atoms with Crippen LogP contribution in [0, 0.1) is 6.92 Å². The summed E-state index contributed by atoms with van der Waals surface area (Å²) in [6.07, 6.45) is 2.16. The first-order chi connectivity index (χ1) is 17.4. The number of ether oxygens (including phenoxy) is 2. The van der Waals surface area contributed by atoms with Gasteiger partial charge in [-0.15, -0.1) is 0 Å². The third kappa shape index (κ3) is 7.42. The molecular formula is C27H28N4O5. The van der Waals surface area contributed by atoms with Gasteiger partial charge < -0.3 is 20.1 Å². The molecule has 9 nitrogen and oxygen atoms in total. The smallest absolute Gasteiger partial charge is 0.329 e. The highest BCUT2D eigenvalue weighted by molar-refractivity contribution is 6.39. The maximum Gasteiger partial charge on any atom is 0.329 e. The summed E-state index contributed by atoms with van der Waals surface area (Å²) in [6, 6.07) is 19.6. The van der Waals surface area contributed by atoms with Crippen molar-refractivity contribution in [1.82, 2.24) is 5.43 Å². The molecule has 0 saturated carbocycles. The van der Waals surface area contributed by atoms with E-state index in [9.17, 15) is 14.4 Å². The number of amides is 3. The van der Waals surface area contributed by atoms with Crippen molar-refractivity contribution < 1.29 is 23.9 Å². The zero-order valence-electron chi connectivity index (χ0n) is 20.3. The fraction of sp³-hybridized carbons (Fsp3) is 0.185. The van der Waals surface area contributed by atoms with Gasteiger partial charge in [0, 0.05) is 11.4 Å². The standard InChI is InChI=1S/C27H28N4O5/c1-4-20-9-5-6-11-22(20)30-25(32)17-36-23-13-12-19(15-24(23)35-3)16-28-31-27(34)26(33)29-21-10-7-8-18(2)14-21/h5-16H,4,17H2,1-3H3,(H,29,33)(H,30,32)(H,31,34)/b28-16-. The van der Waals surface area contributed by atoms with Gasteiger partial charge in [-0.3, -0.25) is 14.4 Å². The summed E-state index contributed by atoms with van der Waals surface area (Å²) in [4.78, 5) is 36.4. The van der Waals surface area contributed by atoms with Gasteiger partial charge >= 0.3 is 11.8 Å². The van der Waals surface area contributed by atoms with Gasteiger partial charge in [0.05, 0.1) is 13.3 Å². The molecule has 186 valence electrons. The molecule has 3 amide bonds. The van der Waals surface area contributed by atoms with E-state index in [-0.39, 0.29) is 12.5 Å². The minimum absolute atomic E-state index is 0.200. The number of carbonyl (C=O) groups is 3. The molecular weight excluding hydrogens is 460 g/mol. The number of nitrogens with zero attached hydrogens (tertiary/aromatic N) is 1. The summed E-state index contributed by atoms with van der Waals surface area (Å²) in [7, 11) is 1.47. The third-order valence-electron chi connectivity index (χ3n) is 5.08. The van der Waals surface area contributed by atoms with Gasteiger partial charge in [0.1, 0.15) is 0 Å². The molecule has 0 fully saturated rings. The van der Waals surface area contributed by atoms with Crippen molar-refractivity contribution in [3.05, 3.63) is 83.4 Å². The molecule has 0 bridgehead atoms. The minimum Gasteiger partial charge on any atom is -0.493 e. The Hall–Kier alpha value is -4.66. The number of rotatable bonds is 9. The van der Waals surface area contributed by atoms with E-state index in [1.54, 1.807) is 36.4 Å². The summed E-state index contributed by atoms with van der Waals surface area (Å²) >= 11 is 0. The lowest BCUT2D eigenvalue weighted by Crippen LogP contribution is -2.32. The summed E-state index contributed by atoms with van der Waals surface area (Å²) in [5, 5.41) is 9.17. The molecule has 3 aromatic carbocycles. The predicted molar refractivity (Wildman–Crippen MR) is 138 cm³/mol. The average molecular weight is 489 g/mol. The van der Waals surface area contributed by atoms with Gasteiger partial charge in [0.2, 0.25) is 0 Å². The van der Waals surface area contributed by atoms with Crippen molar-refractivity contribution in [3.63, 3.8) is 0 Å². The van der Waals surface area contributed by atoms with Crippen LogP contribution in [0.25, 0.3) is 0 Å². The number of nitrogens with one attached hydrogen (secondary N) is 3. The maximum atomic E-state index is 12.3. The topological polar surface area (TPSA) is 118 Å². The van der Waals surface area contributed by atoms with Crippen molar-refractivity contribution in [2.75, 3.05) is 24.4 Å². The normalized spacial score (nSPS) is 10.5. The van der Waals surface area contributed by atoms with E-state index in [4.69, 9.17) is 9.47 Å². The number of hydrogen-bond donors (Lipinski definition) is 3. The number of aryl methyl sites for hydroxylation is 2. The van der Waals surface area contributed by atoms with Crippen LogP contribution in [-0.2, 0) is 20.8 Å². The second-order valence-corrected chi connectivity index (χ2v) is 7.78. The van der Waals surface area contributed by atoms with E-state index in [0.29, 0.717) is 22.7 Å². The molecule has 0 aliphatic rings. The Morgan fingerprint density at radius 3 is 2.47 bits per heavy atom. The van der Waals surface area contributed by atoms with E-state index in [0.717, 1.165) is 23.2 Å². The van der Waals surface area contributed by atoms with Crippen molar-refractivity contribution in [3.8, 4) is 11.5 Å². The lowest BCUT2D eigenvalue weighted by Gasteiger charge is -2.13. The van der Waals surface area contributed by atoms with Gasteiger partial charge in [-0.05, 0) is 66.4 Å². The Balaban J connectivity index is 1.53. The zero-order valence-corrected chi connectivity index (χ0v) is 20.3. The first-order valence-electron chi connectivity index (χ1n) is 11.3. The van der Waals surface area contributed by atoms with Crippen LogP contribution in [0.2, 0.25) is 0 Å². The largest absolute Gasteiger partial charge is 0.493 e. The maximum absolute atomic E-state index is 12.3. The van der Waals surface area contributed by atoms with Crippen LogP contribution in [0.1, 0.15) is 23.6 Å². The highest BCUT2D eigenvalue weighted by atomic mass is 16.5. The molecule has 0 aromatic heterocycles. The van der Waals surface area contributed by atoms with Crippen LogP contribution >= 0.6 is 0 Å². The summed E-state index contributed by atoms with van der Waals surface area (Å²) in [5.74, 6) is -1.29. The molecule has 0 unspecified atom stereocenters. The van der Waals surface area contributed by atoms with E-state index >= 15 is 0 Å². The van der Waals surface area contributed by atoms with Crippen LogP contribution in [0.4, 0.5) is 11.4 Å². The summed E-state index contributed by atoms with van der Waals surface area (Å²) in [5.41, 5.74) is 6.02. The van der Waals surface area contributed by atoms with Crippen molar-refractivity contribution >= 4 is 35.3 Å². The lowest BCUT2D eigenvalue weighted by atomic mass is 10.1. The van der Waals surface area contributed by atoms with E-state index in [2.05, 4.69) is 21.2 Å². The molecule has 0 aliphatic carbocycles. The summed E-state index contributed by atoms with van der Waals surface area (Å²) in [6.45, 7) is 3.70. The number of carbonyl (C=O) groups excluding carboxylic acids is 3. The molecule has 9 heteroatoms. The lowest BCUT2D eigenvalue weighted by molar-refractivity contribution is -0.136. The highest BCUT2D eigenvalue weighted by Gasteiger charge is 2.13. The quantitative estimate of drug-likeness (QED) is 0.241. The van der Waals surface area contributed by atoms with Gasteiger partial charge in [-0.1, -0.05) is 37.3 Å². The van der Waals surface area contributed by atoms with Gasteiger partial charge in [-0.2, -0.15) is 5.10 Å². The second-order valence-electron chi connectivity index (χ2n) is 7.78. The highest BCUT2D eigenvalue weighted by Crippen LogP contribution is 2.27. The Kier molecular flexibility index (Phi) is 9.16. The van der Waals surface area contributed by atoms with Crippen LogP contribution < -0.4 is 25.5 Å². The van der Waals surface area contributed by atoms with Gasteiger partial charge in [0.25, 0.3) is 5.91 Å². The monoisotopic (exact) mass is 488 g/mol. The molecule has 0 spiro atoms. The number of methoxy groups -OCH3 is 1. The van der Waals surface area contributed by atoms with Crippen molar-refractivity contribution in [2.45, 2.75) is 20.3 Å². The Labute approximate surface area is 209 Å². The average Bonchev–Trinajstić information content (AvgIpc) is 2.88. The molecule has 36 heavy (non-hydrogen) atoms.